The third kappa shape index (κ3) is 4.43. The summed E-state index contributed by atoms with van der Waals surface area (Å²) in [5.41, 5.74) is 8.31. The summed E-state index contributed by atoms with van der Waals surface area (Å²) in [4.78, 5) is 12.4. The fourth-order valence-corrected chi connectivity index (χ4v) is 4.07. The topological polar surface area (TPSA) is 129 Å². The van der Waals surface area contributed by atoms with Gasteiger partial charge in [-0.1, -0.05) is 11.3 Å². The lowest BCUT2D eigenvalue weighted by Gasteiger charge is -2.08. The number of hydrogen-bond donors (Lipinski definition) is 2. The number of ether oxygens (including phenoxy) is 1. The molecule has 3 aromatic rings. The van der Waals surface area contributed by atoms with E-state index in [1.165, 1.54) is 6.07 Å². The molecule has 0 bridgehead atoms. The first-order valence-corrected chi connectivity index (χ1v) is 10.7. The molecule has 0 saturated heterocycles. The molecule has 0 aliphatic carbocycles. The van der Waals surface area contributed by atoms with Gasteiger partial charge in [0.1, 0.15) is 12.3 Å². The molecule has 0 atom stereocenters. The number of nitrogen functional groups attached to an aromatic ring is 1. The largest absolute Gasteiger partial charge is 0.494 e. The van der Waals surface area contributed by atoms with Crippen molar-refractivity contribution in [3.63, 3.8) is 0 Å². The molecule has 0 radical (unpaired) electrons. The van der Waals surface area contributed by atoms with Gasteiger partial charge >= 0.3 is 0 Å². The van der Waals surface area contributed by atoms with Crippen LogP contribution in [0.5, 0.6) is 5.75 Å². The van der Waals surface area contributed by atoms with Crippen molar-refractivity contribution in [3.8, 4) is 5.75 Å². The minimum absolute atomic E-state index is 0.0724. The summed E-state index contributed by atoms with van der Waals surface area (Å²) >= 11 is 0. The molecule has 1 aromatic heterocycles. The van der Waals surface area contributed by atoms with Gasteiger partial charge in [0, 0.05) is 5.69 Å². The van der Waals surface area contributed by atoms with Crippen LogP contribution in [-0.2, 0) is 21.2 Å². The van der Waals surface area contributed by atoms with Crippen LogP contribution >= 0.6 is 0 Å². The Morgan fingerprint density at radius 3 is 2.47 bits per heavy atom. The molecule has 0 fully saturated rings. The van der Waals surface area contributed by atoms with E-state index in [1.54, 1.807) is 36.4 Å². The number of nitrogens with two attached hydrogens (primary N) is 1. The number of carbonyl (C=O) groups excluding carboxylic acids is 1. The second-order valence-electron chi connectivity index (χ2n) is 6.69. The molecule has 3 N–H and O–H groups in total. The van der Waals surface area contributed by atoms with Crippen LogP contribution in [0.25, 0.3) is 0 Å². The predicted molar refractivity (Wildman–Crippen MR) is 112 cm³/mol. The van der Waals surface area contributed by atoms with Crippen LogP contribution in [0.4, 0.5) is 11.5 Å². The van der Waals surface area contributed by atoms with E-state index in [0.29, 0.717) is 18.0 Å². The molecule has 10 heteroatoms. The van der Waals surface area contributed by atoms with Crippen molar-refractivity contribution in [2.24, 2.45) is 0 Å². The first-order chi connectivity index (χ1) is 14.2. The summed E-state index contributed by atoms with van der Waals surface area (Å²) in [6, 6.07) is 11.6. The van der Waals surface area contributed by atoms with Gasteiger partial charge in [0.15, 0.2) is 5.82 Å². The summed E-state index contributed by atoms with van der Waals surface area (Å²) < 4.78 is 32.2. The maximum Gasteiger partial charge on any atom is 0.246 e. The first kappa shape index (κ1) is 21.3. The number of amides is 1. The van der Waals surface area contributed by atoms with Gasteiger partial charge in [-0.15, -0.1) is 5.10 Å². The van der Waals surface area contributed by atoms with Crippen LogP contribution < -0.4 is 15.8 Å². The zero-order chi connectivity index (χ0) is 21.9. The van der Waals surface area contributed by atoms with E-state index < -0.39 is 15.7 Å². The van der Waals surface area contributed by atoms with E-state index in [4.69, 9.17) is 10.5 Å². The van der Waals surface area contributed by atoms with Gasteiger partial charge < -0.3 is 15.8 Å². The summed E-state index contributed by atoms with van der Waals surface area (Å²) in [5.74, 6) is 0.0678. The van der Waals surface area contributed by atoms with Crippen LogP contribution in [0, 0.1) is 13.8 Å². The fraction of sp³-hybridized carbons (Fsp3) is 0.250. The van der Waals surface area contributed by atoms with Crippen molar-refractivity contribution in [2.45, 2.75) is 37.2 Å². The van der Waals surface area contributed by atoms with E-state index in [0.717, 1.165) is 15.8 Å². The quantitative estimate of drug-likeness (QED) is 0.590. The first-order valence-electron chi connectivity index (χ1n) is 9.26. The van der Waals surface area contributed by atoms with Crippen molar-refractivity contribution >= 4 is 27.2 Å². The zero-order valence-electron chi connectivity index (χ0n) is 16.9. The maximum atomic E-state index is 12.9. The number of anilines is 2. The molecule has 0 aliphatic heterocycles. The molecular weight excluding hydrogens is 406 g/mol. The summed E-state index contributed by atoms with van der Waals surface area (Å²) in [6.07, 6.45) is 0. The Labute approximate surface area is 174 Å². The molecule has 0 aliphatic rings. The lowest BCUT2D eigenvalue weighted by atomic mass is 10.1. The molecule has 0 unspecified atom stereocenters. The van der Waals surface area contributed by atoms with Crippen molar-refractivity contribution < 1.29 is 17.9 Å². The highest BCUT2D eigenvalue weighted by Crippen LogP contribution is 2.25. The number of aromatic nitrogens is 3. The van der Waals surface area contributed by atoms with Crippen LogP contribution in [0.3, 0.4) is 0 Å². The van der Waals surface area contributed by atoms with Gasteiger partial charge in [-0.3, -0.25) is 4.79 Å². The maximum absolute atomic E-state index is 12.9. The Hall–Kier alpha value is -3.40. The summed E-state index contributed by atoms with van der Waals surface area (Å²) in [6.45, 7) is 5.85. The zero-order valence-corrected chi connectivity index (χ0v) is 17.7. The van der Waals surface area contributed by atoms with Crippen molar-refractivity contribution in [2.75, 3.05) is 17.7 Å². The Kier molecular flexibility index (Phi) is 6.06. The van der Waals surface area contributed by atoms with Crippen molar-refractivity contribution in [3.05, 3.63) is 53.6 Å². The molecule has 1 amide bonds. The Balaban J connectivity index is 1.76. The monoisotopic (exact) mass is 429 g/mol. The van der Waals surface area contributed by atoms with Gasteiger partial charge in [0.05, 0.1) is 11.5 Å². The third-order valence-electron chi connectivity index (χ3n) is 4.53. The number of sulfone groups is 1. The summed E-state index contributed by atoms with van der Waals surface area (Å²) in [7, 11) is -3.96. The Morgan fingerprint density at radius 2 is 1.83 bits per heavy atom. The smallest absolute Gasteiger partial charge is 0.246 e. The Morgan fingerprint density at radius 1 is 1.13 bits per heavy atom. The van der Waals surface area contributed by atoms with E-state index in [2.05, 4.69) is 15.6 Å². The lowest BCUT2D eigenvalue weighted by molar-refractivity contribution is -0.116. The van der Waals surface area contributed by atoms with Crippen LogP contribution in [-0.4, -0.2) is 35.9 Å². The molecule has 1 heterocycles. The Bertz CT molecular complexity index is 1170. The highest BCUT2D eigenvalue weighted by Gasteiger charge is 2.27. The molecule has 0 saturated carbocycles. The van der Waals surface area contributed by atoms with Crippen LogP contribution in [0.1, 0.15) is 18.1 Å². The number of rotatable bonds is 7. The number of aryl methyl sites for hydroxylation is 2. The summed E-state index contributed by atoms with van der Waals surface area (Å²) in [5, 5.41) is 9.78. The van der Waals surface area contributed by atoms with E-state index in [-0.39, 0.29) is 22.3 Å². The SMILES string of the molecule is CCOc1ccc(NC(=O)Cn2nnc(S(=O)(=O)c3ccc(C)c(C)c3)c2N)cc1. The van der Waals surface area contributed by atoms with Gasteiger partial charge in [0.2, 0.25) is 20.8 Å². The van der Waals surface area contributed by atoms with Gasteiger partial charge in [-0.25, -0.2) is 13.1 Å². The molecule has 2 aromatic carbocycles. The lowest BCUT2D eigenvalue weighted by Crippen LogP contribution is -2.21. The average Bonchev–Trinajstić information content (AvgIpc) is 3.06. The fourth-order valence-electron chi connectivity index (χ4n) is 2.74. The van der Waals surface area contributed by atoms with Crippen LogP contribution in [0.2, 0.25) is 0 Å². The van der Waals surface area contributed by atoms with Gasteiger partial charge in [0.25, 0.3) is 0 Å². The second kappa shape index (κ2) is 8.54. The van der Waals surface area contributed by atoms with E-state index in [9.17, 15) is 13.2 Å². The highest BCUT2D eigenvalue weighted by atomic mass is 32.2. The third-order valence-corrected chi connectivity index (χ3v) is 6.20. The molecule has 0 spiro atoms. The minimum Gasteiger partial charge on any atom is -0.494 e. The number of nitrogens with zero attached hydrogens (tertiary/aromatic N) is 3. The van der Waals surface area contributed by atoms with Crippen LogP contribution in [0.15, 0.2) is 52.4 Å². The predicted octanol–water partition coefficient (Wildman–Crippen LogP) is 2.35. The average molecular weight is 430 g/mol. The van der Waals surface area contributed by atoms with E-state index >= 15 is 0 Å². The van der Waals surface area contributed by atoms with Gasteiger partial charge in [-0.2, -0.15) is 0 Å². The van der Waals surface area contributed by atoms with Gasteiger partial charge in [-0.05, 0) is 68.3 Å². The number of carbonyl (C=O) groups is 1. The second-order valence-corrected chi connectivity index (χ2v) is 8.56. The van der Waals surface area contributed by atoms with Crippen molar-refractivity contribution in [1.29, 1.82) is 0 Å². The molecule has 158 valence electrons. The minimum atomic E-state index is -3.96. The standard InChI is InChI=1S/C20H23N5O4S/c1-4-29-16-8-6-15(7-9-16)22-18(26)12-25-19(21)20(23-24-25)30(27,28)17-10-5-13(2)14(3)11-17/h5-11H,4,12,21H2,1-3H3,(H,22,26). The number of benzene rings is 2. The molecule has 3 rings (SSSR count). The number of nitrogens with one attached hydrogen (secondary N) is 1. The molecular formula is C20H23N5O4S. The van der Waals surface area contributed by atoms with E-state index in [1.807, 2.05) is 20.8 Å². The molecule has 9 nitrogen and oxygen atoms in total. The van der Waals surface area contributed by atoms with Crippen molar-refractivity contribution in [1.82, 2.24) is 15.0 Å². The normalized spacial score (nSPS) is 11.3. The number of hydrogen-bond acceptors (Lipinski definition) is 7. The molecule has 30 heavy (non-hydrogen) atoms. The highest BCUT2D eigenvalue weighted by molar-refractivity contribution is 7.91.